The summed E-state index contributed by atoms with van der Waals surface area (Å²) in [5, 5.41) is 9.89. The molecule has 0 aliphatic carbocycles. The molecule has 0 atom stereocenters. The fourth-order valence-corrected chi connectivity index (χ4v) is 4.13. The lowest BCUT2D eigenvalue weighted by Gasteiger charge is -2.27. The summed E-state index contributed by atoms with van der Waals surface area (Å²) in [6.45, 7) is 6.56. The van der Waals surface area contributed by atoms with E-state index in [9.17, 15) is 13.5 Å². The van der Waals surface area contributed by atoms with Crippen LogP contribution in [0.4, 0.5) is 0 Å². The highest BCUT2D eigenvalue weighted by atomic mass is 32.2. The van der Waals surface area contributed by atoms with Gasteiger partial charge in [-0.2, -0.15) is 4.31 Å². The summed E-state index contributed by atoms with van der Waals surface area (Å²) in [4.78, 5) is 2.47. The number of rotatable bonds is 4. The summed E-state index contributed by atoms with van der Waals surface area (Å²) in [6.07, 6.45) is 0.780. The Morgan fingerprint density at radius 2 is 1.76 bits per heavy atom. The first-order valence-electron chi connectivity index (χ1n) is 7.29. The van der Waals surface area contributed by atoms with Crippen LogP contribution in [0.3, 0.4) is 0 Å². The minimum Gasteiger partial charge on any atom is -0.389 e. The van der Waals surface area contributed by atoms with Crippen molar-refractivity contribution >= 4 is 10.0 Å². The molecule has 1 saturated heterocycles. The van der Waals surface area contributed by atoms with Crippen molar-refractivity contribution in [2.24, 2.45) is 0 Å². The molecule has 1 aromatic carbocycles. The van der Waals surface area contributed by atoms with E-state index in [1.165, 1.54) is 0 Å². The zero-order valence-electron chi connectivity index (χ0n) is 12.7. The van der Waals surface area contributed by atoms with Crippen LogP contribution < -0.4 is 0 Å². The zero-order chi connectivity index (χ0) is 15.5. The van der Waals surface area contributed by atoms with Gasteiger partial charge < -0.3 is 5.11 Å². The van der Waals surface area contributed by atoms with E-state index in [1.807, 2.05) is 6.07 Å². The van der Waals surface area contributed by atoms with E-state index in [-0.39, 0.29) is 0 Å². The van der Waals surface area contributed by atoms with Crippen molar-refractivity contribution in [3.8, 4) is 0 Å². The molecule has 118 valence electrons. The van der Waals surface area contributed by atoms with Gasteiger partial charge >= 0.3 is 0 Å². The molecule has 1 N–H and O–H groups in total. The summed E-state index contributed by atoms with van der Waals surface area (Å²) < 4.78 is 26.7. The van der Waals surface area contributed by atoms with Crippen LogP contribution in [0.15, 0.2) is 35.2 Å². The third-order valence-corrected chi connectivity index (χ3v) is 5.45. The first-order chi connectivity index (χ1) is 9.79. The molecule has 5 nitrogen and oxygen atoms in total. The number of hydrogen-bond acceptors (Lipinski definition) is 4. The summed E-state index contributed by atoms with van der Waals surface area (Å²) in [6, 6.07) is 8.56. The zero-order valence-corrected chi connectivity index (χ0v) is 13.5. The molecule has 21 heavy (non-hydrogen) atoms. The molecule has 1 aliphatic rings. The maximum absolute atomic E-state index is 12.6. The van der Waals surface area contributed by atoms with E-state index in [2.05, 4.69) is 4.90 Å². The number of sulfonamides is 1. The molecule has 1 aromatic rings. The fraction of sp³-hybridized carbons (Fsp3) is 0.600. The summed E-state index contributed by atoms with van der Waals surface area (Å²) in [5.74, 6) is 0. The molecule has 0 saturated carbocycles. The van der Waals surface area contributed by atoms with Crippen molar-refractivity contribution in [1.29, 1.82) is 0 Å². The normalized spacial score (nSPS) is 19.4. The average Bonchev–Trinajstić information content (AvgIpc) is 2.64. The Hall–Kier alpha value is -0.950. The second kappa shape index (κ2) is 6.44. The van der Waals surface area contributed by atoms with Crippen LogP contribution in [0.1, 0.15) is 20.3 Å². The third-order valence-electron chi connectivity index (χ3n) is 3.54. The fourth-order valence-electron chi connectivity index (χ4n) is 2.63. The molecule has 0 spiro atoms. The van der Waals surface area contributed by atoms with Crippen molar-refractivity contribution in [3.05, 3.63) is 30.3 Å². The molecule has 2 rings (SSSR count). The number of aliphatic hydroxyl groups is 1. The molecular weight excluding hydrogens is 288 g/mol. The van der Waals surface area contributed by atoms with Crippen LogP contribution in [0.25, 0.3) is 0 Å². The van der Waals surface area contributed by atoms with Gasteiger partial charge in [-0.1, -0.05) is 18.2 Å². The maximum Gasteiger partial charge on any atom is 0.243 e. The highest BCUT2D eigenvalue weighted by molar-refractivity contribution is 7.89. The Bertz CT molecular complexity index is 552. The molecule has 1 aliphatic heterocycles. The molecule has 0 amide bonds. The van der Waals surface area contributed by atoms with Gasteiger partial charge in [-0.15, -0.1) is 0 Å². The van der Waals surface area contributed by atoms with E-state index in [0.717, 1.165) is 13.0 Å². The summed E-state index contributed by atoms with van der Waals surface area (Å²) in [5.41, 5.74) is -0.756. The van der Waals surface area contributed by atoms with Crippen LogP contribution in [-0.4, -0.2) is 61.1 Å². The minimum atomic E-state index is -3.41. The molecule has 1 fully saturated rings. The van der Waals surface area contributed by atoms with Crippen LogP contribution in [0, 0.1) is 0 Å². The standard InChI is InChI=1S/C15H24N2O3S/c1-15(2,18)13-16-9-6-10-17(12-11-16)21(19,20)14-7-4-3-5-8-14/h3-5,7-8,18H,6,9-13H2,1-2H3. The Labute approximate surface area is 127 Å². The van der Waals surface area contributed by atoms with E-state index >= 15 is 0 Å². The lowest BCUT2D eigenvalue weighted by molar-refractivity contribution is 0.0380. The van der Waals surface area contributed by atoms with Crippen molar-refractivity contribution in [2.75, 3.05) is 32.7 Å². The molecular formula is C15H24N2O3S. The van der Waals surface area contributed by atoms with Crippen molar-refractivity contribution in [3.63, 3.8) is 0 Å². The Kier molecular flexibility index (Phi) is 5.03. The van der Waals surface area contributed by atoms with Gasteiger partial charge in [0.2, 0.25) is 10.0 Å². The quantitative estimate of drug-likeness (QED) is 0.906. The number of benzene rings is 1. The average molecular weight is 312 g/mol. The van der Waals surface area contributed by atoms with Crippen molar-refractivity contribution in [1.82, 2.24) is 9.21 Å². The monoisotopic (exact) mass is 312 g/mol. The molecule has 6 heteroatoms. The van der Waals surface area contributed by atoms with Crippen molar-refractivity contribution < 1.29 is 13.5 Å². The van der Waals surface area contributed by atoms with Crippen LogP contribution in [0.5, 0.6) is 0 Å². The molecule has 0 unspecified atom stereocenters. The van der Waals surface area contributed by atoms with Crippen LogP contribution in [-0.2, 0) is 10.0 Å². The number of hydrogen-bond donors (Lipinski definition) is 1. The number of β-amino-alcohol motifs (C(OH)–C–C–N with tert-alkyl or cyclic N) is 1. The molecule has 0 aromatic heterocycles. The minimum absolute atomic E-state index is 0.348. The van der Waals surface area contributed by atoms with E-state index in [0.29, 0.717) is 31.1 Å². The van der Waals surface area contributed by atoms with Gasteiger partial charge in [-0.25, -0.2) is 8.42 Å². The summed E-state index contributed by atoms with van der Waals surface area (Å²) >= 11 is 0. The lowest BCUT2D eigenvalue weighted by atomic mass is 10.1. The second-order valence-corrected chi connectivity index (χ2v) is 8.10. The first-order valence-corrected chi connectivity index (χ1v) is 8.73. The van der Waals surface area contributed by atoms with Gasteiger partial charge in [0.15, 0.2) is 0 Å². The van der Waals surface area contributed by atoms with Gasteiger partial charge in [0.05, 0.1) is 10.5 Å². The SMILES string of the molecule is CC(C)(O)CN1CCCN(S(=O)(=O)c2ccccc2)CC1. The van der Waals surface area contributed by atoms with Gasteiger partial charge in [-0.05, 0) is 38.9 Å². The Balaban J connectivity index is 2.06. The van der Waals surface area contributed by atoms with Gasteiger partial charge in [-0.3, -0.25) is 4.90 Å². The second-order valence-electron chi connectivity index (χ2n) is 6.16. The van der Waals surface area contributed by atoms with Gasteiger partial charge in [0.1, 0.15) is 0 Å². The highest BCUT2D eigenvalue weighted by Crippen LogP contribution is 2.18. The maximum atomic E-state index is 12.6. The predicted molar refractivity (Wildman–Crippen MR) is 82.6 cm³/mol. The van der Waals surface area contributed by atoms with Gasteiger partial charge in [0.25, 0.3) is 0 Å². The molecule has 0 radical (unpaired) electrons. The number of nitrogens with zero attached hydrogens (tertiary/aromatic N) is 2. The van der Waals surface area contributed by atoms with E-state index in [4.69, 9.17) is 0 Å². The van der Waals surface area contributed by atoms with E-state index < -0.39 is 15.6 Å². The third kappa shape index (κ3) is 4.51. The van der Waals surface area contributed by atoms with Crippen LogP contribution in [0.2, 0.25) is 0 Å². The summed E-state index contributed by atoms with van der Waals surface area (Å²) in [7, 11) is -3.41. The first kappa shape index (κ1) is 16.4. The predicted octanol–water partition coefficient (Wildman–Crippen LogP) is 1.15. The Morgan fingerprint density at radius 1 is 1.10 bits per heavy atom. The highest BCUT2D eigenvalue weighted by Gasteiger charge is 2.28. The smallest absolute Gasteiger partial charge is 0.243 e. The lowest BCUT2D eigenvalue weighted by Crippen LogP contribution is -2.41. The largest absolute Gasteiger partial charge is 0.389 e. The Morgan fingerprint density at radius 3 is 2.38 bits per heavy atom. The van der Waals surface area contributed by atoms with Gasteiger partial charge in [0, 0.05) is 26.2 Å². The topological polar surface area (TPSA) is 60.9 Å². The molecule has 0 bridgehead atoms. The van der Waals surface area contributed by atoms with Crippen molar-refractivity contribution in [2.45, 2.75) is 30.8 Å². The molecule has 1 heterocycles. The van der Waals surface area contributed by atoms with Crippen LogP contribution >= 0.6 is 0 Å². The van der Waals surface area contributed by atoms with E-state index in [1.54, 1.807) is 42.4 Å².